The van der Waals surface area contributed by atoms with Gasteiger partial charge in [0.05, 0.1) is 11.1 Å². The highest BCUT2D eigenvalue weighted by Crippen LogP contribution is 2.22. The zero-order valence-electron chi connectivity index (χ0n) is 18.1. The summed E-state index contributed by atoms with van der Waals surface area (Å²) in [6.07, 6.45) is -1.43. The molecule has 9 heteroatoms. The summed E-state index contributed by atoms with van der Waals surface area (Å²) in [5.74, 6) is -1.76. The SMILES string of the molecule is CNC(=O)NC(=O)[C@@H](OC(=O)c1nn(-c2ccccc2)c(=O)c2ccccc12)c1ccccc1. The Morgan fingerprint density at radius 3 is 2.09 bits per heavy atom. The Balaban J connectivity index is 1.79. The van der Waals surface area contributed by atoms with E-state index in [1.807, 2.05) is 0 Å². The first-order chi connectivity index (χ1) is 16.5. The van der Waals surface area contributed by atoms with Gasteiger partial charge in [0.25, 0.3) is 11.5 Å². The van der Waals surface area contributed by atoms with Crippen LogP contribution >= 0.6 is 0 Å². The van der Waals surface area contributed by atoms with Crippen molar-refractivity contribution in [3.05, 3.63) is 107 Å². The van der Waals surface area contributed by atoms with Crippen LogP contribution in [0.4, 0.5) is 4.79 Å². The average molecular weight is 456 g/mol. The summed E-state index contributed by atoms with van der Waals surface area (Å²) < 4.78 is 6.67. The number of benzene rings is 3. The first-order valence-corrected chi connectivity index (χ1v) is 10.4. The molecule has 0 spiro atoms. The number of carbonyl (C=O) groups is 3. The van der Waals surface area contributed by atoms with Crippen LogP contribution in [0.3, 0.4) is 0 Å². The monoisotopic (exact) mass is 456 g/mol. The number of aromatic nitrogens is 2. The van der Waals surface area contributed by atoms with Gasteiger partial charge < -0.3 is 10.1 Å². The number of nitrogens with zero attached hydrogens (tertiary/aromatic N) is 2. The van der Waals surface area contributed by atoms with Crippen LogP contribution in [0.25, 0.3) is 16.5 Å². The largest absolute Gasteiger partial charge is 0.442 e. The topological polar surface area (TPSA) is 119 Å². The van der Waals surface area contributed by atoms with E-state index in [1.165, 1.54) is 7.05 Å². The normalized spacial score (nSPS) is 11.4. The molecule has 0 saturated carbocycles. The number of hydrogen-bond donors (Lipinski definition) is 2. The number of para-hydroxylation sites is 1. The maximum absolute atomic E-state index is 13.3. The number of fused-ring (bicyclic) bond motifs is 1. The highest BCUT2D eigenvalue weighted by Gasteiger charge is 2.29. The lowest BCUT2D eigenvalue weighted by molar-refractivity contribution is -0.129. The van der Waals surface area contributed by atoms with Crippen molar-refractivity contribution in [3.63, 3.8) is 0 Å². The zero-order valence-corrected chi connectivity index (χ0v) is 18.1. The summed E-state index contributed by atoms with van der Waals surface area (Å²) in [7, 11) is 1.36. The second-order valence-electron chi connectivity index (χ2n) is 7.21. The molecule has 0 fully saturated rings. The lowest BCUT2D eigenvalue weighted by Gasteiger charge is -2.18. The van der Waals surface area contributed by atoms with Gasteiger partial charge in [-0.15, -0.1) is 0 Å². The first kappa shape index (κ1) is 22.4. The van der Waals surface area contributed by atoms with Crippen molar-refractivity contribution in [3.8, 4) is 5.69 Å². The Kier molecular flexibility index (Phi) is 6.45. The van der Waals surface area contributed by atoms with Crippen molar-refractivity contribution in [2.75, 3.05) is 7.05 Å². The van der Waals surface area contributed by atoms with E-state index in [0.717, 1.165) is 4.68 Å². The molecule has 4 rings (SSSR count). The lowest BCUT2D eigenvalue weighted by Crippen LogP contribution is -2.41. The molecule has 1 atom stereocenters. The fourth-order valence-electron chi connectivity index (χ4n) is 3.39. The van der Waals surface area contributed by atoms with Crippen LogP contribution in [0, 0.1) is 0 Å². The van der Waals surface area contributed by atoms with Crippen LogP contribution in [0.1, 0.15) is 22.2 Å². The third kappa shape index (κ3) is 4.53. The predicted molar refractivity (Wildman–Crippen MR) is 125 cm³/mol. The number of imide groups is 1. The van der Waals surface area contributed by atoms with Crippen molar-refractivity contribution in [1.82, 2.24) is 20.4 Å². The molecule has 0 radical (unpaired) electrons. The Morgan fingerprint density at radius 1 is 0.853 bits per heavy atom. The number of amides is 3. The smallest absolute Gasteiger partial charge is 0.360 e. The number of hydrogen-bond acceptors (Lipinski definition) is 6. The minimum absolute atomic E-state index is 0.146. The van der Waals surface area contributed by atoms with Gasteiger partial charge in [-0.3, -0.25) is 14.9 Å². The summed E-state index contributed by atoms with van der Waals surface area (Å²) in [5.41, 5.74) is 0.269. The highest BCUT2D eigenvalue weighted by molar-refractivity contribution is 6.04. The van der Waals surface area contributed by atoms with E-state index in [2.05, 4.69) is 15.7 Å². The molecule has 3 amide bonds. The van der Waals surface area contributed by atoms with E-state index >= 15 is 0 Å². The van der Waals surface area contributed by atoms with E-state index in [9.17, 15) is 19.2 Å². The van der Waals surface area contributed by atoms with E-state index in [1.54, 1.807) is 84.9 Å². The van der Waals surface area contributed by atoms with Crippen LogP contribution in [0.2, 0.25) is 0 Å². The molecule has 4 aromatic rings. The van der Waals surface area contributed by atoms with Gasteiger partial charge in [0.15, 0.2) is 5.69 Å². The number of carbonyl (C=O) groups excluding carboxylic acids is 3. The summed E-state index contributed by atoms with van der Waals surface area (Å²) in [6, 6.07) is 22.7. The van der Waals surface area contributed by atoms with E-state index in [-0.39, 0.29) is 16.5 Å². The van der Waals surface area contributed by atoms with Crippen molar-refractivity contribution >= 4 is 28.7 Å². The van der Waals surface area contributed by atoms with Gasteiger partial charge in [-0.05, 0) is 18.2 Å². The van der Waals surface area contributed by atoms with Gasteiger partial charge in [0.1, 0.15) is 0 Å². The fourth-order valence-corrected chi connectivity index (χ4v) is 3.39. The van der Waals surface area contributed by atoms with Gasteiger partial charge >= 0.3 is 12.0 Å². The van der Waals surface area contributed by atoms with Crippen LogP contribution in [-0.2, 0) is 9.53 Å². The van der Waals surface area contributed by atoms with E-state index in [4.69, 9.17) is 4.74 Å². The zero-order chi connectivity index (χ0) is 24.1. The van der Waals surface area contributed by atoms with Gasteiger partial charge in [-0.1, -0.05) is 66.7 Å². The van der Waals surface area contributed by atoms with Crippen molar-refractivity contribution in [2.45, 2.75) is 6.10 Å². The number of urea groups is 1. The number of esters is 1. The molecule has 0 bridgehead atoms. The molecular weight excluding hydrogens is 436 g/mol. The second kappa shape index (κ2) is 9.78. The van der Waals surface area contributed by atoms with Crippen LogP contribution in [0.5, 0.6) is 0 Å². The van der Waals surface area contributed by atoms with Gasteiger partial charge in [0.2, 0.25) is 6.10 Å². The molecule has 0 aliphatic carbocycles. The highest BCUT2D eigenvalue weighted by atomic mass is 16.5. The Bertz CT molecular complexity index is 1420. The fraction of sp³-hybridized carbons (Fsp3) is 0.0800. The predicted octanol–water partition coefficient (Wildman–Crippen LogP) is 2.74. The number of ether oxygens (including phenoxy) is 1. The van der Waals surface area contributed by atoms with Gasteiger partial charge in [-0.25, -0.2) is 9.59 Å². The Morgan fingerprint density at radius 2 is 1.44 bits per heavy atom. The third-order valence-corrected chi connectivity index (χ3v) is 5.03. The average Bonchev–Trinajstić information content (AvgIpc) is 2.88. The molecule has 170 valence electrons. The molecule has 0 unspecified atom stereocenters. The minimum Gasteiger partial charge on any atom is -0.442 e. The van der Waals surface area contributed by atoms with Crippen LogP contribution in [0.15, 0.2) is 89.7 Å². The number of nitrogens with one attached hydrogen (secondary N) is 2. The summed E-state index contributed by atoms with van der Waals surface area (Å²) >= 11 is 0. The van der Waals surface area contributed by atoms with Gasteiger partial charge in [-0.2, -0.15) is 9.78 Å². The van der Waals surface area contributed by atoms with Crippen molar-refractivity contribution in [2.24, 2.45) is 0 Å². The van der Waals surface area contributed by atoms with Crippen molar-refractivity contribution in [1.29, 1.82) is 0 Å². The lowest BCUT2D eigenvalue weighted by atomic mass is 10.1. The Labute approximate surface area is 194 Å². The molecule has 0 aliphatic heterocycles. The first-order valence-electron chi connectivity index (χ1n) is 10.4. The molecule has 1 heterocycles. The van der Waals surface area contributed by atoms with Gasteiger partial charge in [0, 0.05) is 18.0 Å². The maximum Gasteiger partial charge on any atom is 0.360 e. The summed E-state index contributed by atoms with van der Waals surface area (Å²) in [4.78, 5) is 50.8. The molecular formula is C25H20N4O5. The van der Waals surface area contributed by atoms with Crippen molar-refractivity contribution < 1.29 is 19.1 Å². The molecule has 0 saturated heterocycles. The molecule has 1 aromatic heterocycles. The van der Waals surface area contributed by atoms with E-state index < -0.39 is 29.6 Å². The quantitative estimate of drug-likeness (QED) is 0.446. The molecule has 0 aliphatic rings. The standard InChI is InChI=1S/C25H20N4O5/c1-26-25(33)27-22(30)21(16-10-4-2-5-11-16)34-24(32)20-18-14-8-9-15-19(18)23(31)29(28-20)17-12-6-3-7-13-17/h2-15,21H,1H3,(H2,26,27,30,33)/t21-/m0/s1. The van der Waals surface area contributed by atoms with Crippen LogP contribution in [-0.4, -0.2) is 34.7 Å². The van der Waals surface area contributed by atoms with Crippen LogP contribution < -0.4 is 16.2 Å². The maximum atomic E-state index is 13.3. The molecule has 34 heavy (non-hydrogen) atoms. The molecule has 3 aromatic carbocycles. The summed E-state index contributed by atoms with van der Waals surface area (Å²) in [6.45, 7) is 0. The molecule has 2 N–H and O–H groups in total. The van der Waals surface area contributed by atoms with E-state index in [0.29, 0.717) is 11.3 Å². The minimum atomic E-state index is -1.43. The number of rotatable bonds is 5. The summed E-state index contributed by atoms with van der Waals surface area (Å²) in [5, 5.41) is 9.22. The molecule has 9 nitrogen and oxygen atoms in total. The Hall–Kier alpha value is -4.79. The third-order valence-electron chi connectivity index (χ3n) is 5.03. The second-order valence-corrected chi connectivity index (χ2v) is 7.21.